The summed E-state index contributed by atoms with van der Waals surface area (Å²) < 4.78 is 1.75. The van der Waals surface area contributed by atoms with Gasteiger partial charge in [-0.25, -0.2) is 4.98 Å². The van der Waals surface area contributed by atoms with Crippen molar-refractivity contribution in [2.45, 2.75) is 26.2 Å². The SMILES string of the molecule is CCNC.Cn1cc(-c2ccnc(NC(=O)CC3=CCCC=C3)c2)cn1. The van der Waals surface area contributed by atoms with E-state index < -0.39 is 0 Å². The maximum atomic E-state index is 12.1. The van der Waals surface area contributed by atoms with E-state index in [9.17, 15) is 4.79 Å². The van der Waals surface area contributed by atoms with Crippen molar-refractivity contribution < 1.29 is 4.79 Å². The number of aromatic nitrogens is 3. The summed E-state index contributed by atoms with van der Waals surface area (Å²) in [6.07, 6.45) is 14.1. The minimum absolute atomic E-state index is 0.0476. The number of allylic oxidation sites excluding steroid dienone is 3. The normalized spacial score (nSPS) is 12.8. The maximum absolute atomic E-state index is 12.1. The molecule has 138 valence electrons. The lowest BCUT2D eigenvalue weighted by molar-refractivity contribution is -0.115. The molecular formula is C20H27N5O. The second-order valence-electron chi connectivity index (χ2n) is 6.02. The van der Waals surface area contributed by atoms with Crippen LogP contribution in [0.25, 0.3) is 11.1 Å². The highest BCUT2D eigenvalue weighted by molar-refractivity contribution is 5.92. The highest BCUT2D eigenvalue weighted by Gasteiger charge is 2.08. The molecule has 2 aromatic rings. The van der Waals surface area contributed by atoms with Crippen molar-refractivity contribution in [2.24, 2.45) is 7.05 Å². The van der Waals surface area contributed by atoms with E-state index in [2.05, 4.69) is 39.8 Å². The van der Waals surface area contributed by atoms with Gasteiger partial charge >= 0.3 is 0 Å². The number of hydrogen-bond donors (Lipinski definition) is 2. The van der Waals surface area contributed by atoms with Crippen molar-refractivity contribution in [3.63, 3.8) is 0 Å². The summed E-state index contributed by atoms with van der Waals surface area (Å²) >= 11 is 0. The highest BCUT2D eigenvalue weighted by atomic mass is 16.1. The molecule has 6 nitrogen and oxygen atoms in total. The number of anilines is 1. The molecule has 3 rings (SSSR count). The molecule has 1 aliphatic rings. The van der Waals surface area contributed by atoms with Crippen LogP contribution in [0.3, 0.4) is 0 Å². The van der Waals surface area contributed by atoms with Gasteiger partial charge in [0.2, 0.25) is 5.91 Å². The molecule has 0 aliphatic heterocycles. The van der Waals surface area contributed by atoms with Gasteiger partial charge in [0.05, 0.1) is 12.6 Å². The van der Waals surface area contributed by atoms with Crippen LogP contribution >= 0.6 is 0 Å². The van der Waals surface area contributed by atoms with Crippen molar-refractivity contribution in [3.05, 3.63) is 54.5 Å². The third-order valence-electron chi connectivity index (χ3n) is 3.86. The molecular weight excluding hydrogens is 326 g/mol. The fourth-order valence-corrected chi connectivity index (χ4v) is 2.42. The Hall–Kier alpha value is -2.73. The number of nitrogens with one attached hydrogen (secondary N) is 2. The lowest BCUT2D eigenvalue weighted by atomic mass is 10.0. The third kappa shape index (κ3) is 6.29. The fraction of sp³-hybridized carbons (Fsp3) is 0.350. The molecule has 26 heavy (non-hydrogen) atoms. The van der Waals surface area contributed by atoms with Crippen molar-refractivity contribution in [1.29, 1.82) is 0 Å². The average molecular weight is 353 g/mol. The Morgan fingerprint density at radius 1 is 1.31 bits per heavy atom. The van der Waals surface area contributed by atoms with Gasteiger partial charge < -0.3 is 10.6 Å². The Balaban J connectivity index is 0.000000552. The van der Waals surface area contributed by atoms with Gasteiger partial charge in [0.15, 0.2) is 0 Å². The monoisotopic (exact) mass is 353 g/mol. The molecule has 0 spiro atoms. The zero-order valence-electron chi connectivity index (χ0n) is 15.7. The van der Waals surface area contributed by atoms with E-state index in [1.807, 2.05) is 38.5 Å². The lowest BCUT2D eigenvalue weighted by Crippen LogP contribution is -2.13. The molecule has 0 saturated carbocycles. The largest absolute Gasteiger partial charge is 0.320 e. The zero-order chi connectivity index (χ0) is 18.8. The lowest BCUT2D eigenvalue weighted by Gasteiger charge is -2.08. The van der Waals surface area contributed by atoms with Crippen LogP contribution < -0.4 is 10.6 Å². The molecule has 0 saturated heterocycles. The highest BCUT2D eigenvalue weighted by Crippen LogP contribution is 2.21. The summed E-state index contributed by atoms with van der Waals surface area (Å²) in [4.78, 5) is 16.3. The molecule has 1 aliphatic carbocycles. The standard InChI is InChI=1S/C17H18N4O.C3H9N/c1-21-12-15(11-19-21)14-7-8-18-16(10-14)20-17(22)9-13-5-3-2-4-6-13;1-3-4-2/h3,5-8,10-12H,2,4,9H2,1H3,(H,18,20,22);4H,3H2,1-2H3. The van der Waals surface area contributed by atoms with Crippen LogP contribution in [0.2, 0.25) is 0 Å². The molecule has 0 unspecified atom stereocenters. The average Bonchev–Trinajstić information content (AvgIpc) is 3.09. The first-order chi connectivity index (χ1) is 12.6. The van der Waals surface area contributed by atoms with E-state index in [0.717, 1.165) is 36.1 Å². The second-order valence-corrected chi connectivity index (χ2v) is 6.02. The van der Waals surface area contributed by atoms with Gasteiger partial charge in [-0.1, -0.05) is 25.2 Å². The van der Waals surface area contributed by atoms with Crippen LogP contribution in [0.5, 0.6) is 0 Å². The van der Waals surface area contributed by atoms with Crippen molar-refractivity contribution in [1.82, 2.24) is 20.1 Å². The molecule has 1 amide bonds. The Bertz CT molecular complexity index is 774. The van der Waals surface area contributed by atoms with Crippen LogP contribution in [0.15, 0.2) is 54.5 Å². The third-order valence-corrected chi connectivity index (χ3v) is 3.86. The number of amides is 1. The number of rotatable bonds is 5. The first kappa shape index (κ1) is 19.6. The number of carbonyl (C=O) groups excluding carboxylic acids is 1. The number of aryl methyl sites for hydroxylation is 1. The second kappa shape index (κ2) is 10.3. The number of carbonyl (C=O) groups is 1. The Morgan fingerprint density at radius 2 is 2.12 bits per heavy atom. The molecule has 2 heterocycles. The van der Waals surface area contributed by atoms with Gasteiger partial charge in [-0.3, -0.25) is 9.48 Å². The number of hydrogen-bond acceptors (Lipinski definition) is 4. The summed E-state index contributed by atoms with van der Waals surface area (Å²) in [6.45, 7) is 3.14. The van der Waals surface area contributed by atoms with Gasteiger partial charge in [-0.15, -0.1) is 0 Å². The minimum atomic E-state index is -0.0476. The Morgan fingerprint density at radius 3 is 2.73 bits per heavy atom. The summed E-state index contributed by atoms with van der Waals surface area (Å²) in [5, 5.41) is 9.94. The molecule has 2 aromatic heterocycles. The zero-order valence-corrected chi connectivity index (χ0v) is 15.7. The van der Waals surface area contributed by atoms with Gasteiger partial charge in [-0.05, 0) is 49.7 Å². The van der Waals surface area contributed by atoms with Crippen LogP contribution in [-0.4, -0.2) is 34.3 Å². The number of nitrogens with zero attached hydrogens (tertiary/aromatic N) is 3. The summed E-state index contributed by atoms with van der Waals surface area (Å²) in [5.41, 5.74) is 3.04. The van der Waals surface area contributed by atoms with Gasteiger partial charge in [-0.2, -0.15) is 5.10 Å². The fourth-order valence-electron chi connectivity index (χ4n) is 2.42. The van der Waals surface area contributed by atoms with Gasteiger partial charge in [0, 0.05) is 25.0 Å². The van der Waals surface area contributed by atoms with E-state index in [-0.39, 0.29) is 5.91 Å². The van der Waals surface area contributed by atoms with E-state index in [1.165, 1.54) is 0 Å². The summed E-state index contributed by atoms with van der Waals surface area (Å²) in [6, 6.07) is 3.76. The first-order valence-electron chi connectivity index (χ1n) is 8.87. The van der Waals surface area contributed by atoms with E-state index in [1.54, 1.807) is 17.1 Å². The van der Waals surface area contributed by atoms with Crippen molar-refractivity contribution >= 4 is 11.7 Å². The Labute approximate surface area is 155 Å². The topological polar surface area (TPSA) is 71.8 Å². The molecule has 0 radical (unpaired) electrons. The van der Waals surface area contributed by atoms with E-state index in [0.29, 0.717) is 12.2 Å². The molecule has 0 atom stereocenters. The molecule has 2 N–H and O–H groups in total. The van der Waals surface area contributed by atoms with Gasteiger partial charge in [0.1, 0.15) is 5.82 Å². The molecule has 6 heteroatoms. The van der Waals surface area contributed by atoms with Crippen LogP contribution in [0.1, 0.15) is 26.2 Å². The minimum Gasteiger partial charge on any atom is -0.320 e. The molecule has 0 fully saturated rings. The summed E-state index contributed by atoms with van der Waals surface area (Å²) in [7, 11) is 3.80. The molecule has 0 bridgehead atoms. The van der Waals surface area contributed by atoms with E-state index in [4.69, 9.17) is 0 Å². The van der Waals surface area contributed by atoms with E-state index >= 15 is 0 Å². The maximum Gasteiger partial charge on any atom is 0.229 e. The number of pyridine rings is 1. The smallest absolute Gasteiger partial charge is 0.229 e. The quantitative estimate of drug-likeness (QED) is 0.865. The first-order valence-corrected chi connectivity index (χ1v) is 8.87. The van der Waals surface area contributed by atoms with Gasteiger partial charge in [0.25, 0.3) is 0 Å². The Kier molecular flexibility index (Phi) is 7.76. The van der Waals surface area contributed by atoms with Crippen LogP contribution in [0, 0.1) is 0 Å². The predicted octanol–water partition coefficient (Wildman–Crippen LogP) is 3.31. The van der Waals surface area contributed by atoms with Crippen molar-refractivity contribution in [3.8, 4) is 11.1 Å². The molecule has 0 aromatic carbocycles. The van der Waals surface area contributed by atoms with Crippen molar-refractivity contribution in [2.75, 3.05) is 18.9 Å². The summed E-state index contributed by atoms with van der Waals surface area (Å²) in [5.74, 6) is 0.514. The van der Waals surface area contributed by atoms with Crippen LogP contribution in [0.4, 0.5) is 5.82 Å². The predicted molar refractivity (Wildman–Crippen MR) is 106 cm³/mol. The van der Waals surface area contributed by atoms with Crippen LogP contribution in [-0.2, 0) is 11.8 Å².